The Labute approximate surface area is 191 Å². The van der Waals surface area contributed by atoms with E-state index in [2.05, 4.69) is 9.47 Å². The van der Waals surface area contributed by atoms with Gasteiger partial charge in [0.1, 0.15) is 34.1 Å². The van der Waals surface area contributed by atoms with Gasteiger partial charge in [0.2, 0.25) is 11.6 Å². The highest BCUT2D eigenvalue weighted by molar-refractivity contribution is 5.57. The molecule has 0 heterocycles. The molecule has 0 bridgehead atoms. The number of benzene rings is 3. The summed E-state index contributed by atoms with van der Waals surface area (Å²) in [5.41, 5.74) is 1.06. The van der Waals surface area contributed by atoms with E-state index in [0.717, 1.165) is 0 Å². The highest BCUT2D eigenvalue weighted by Gasteiger charge is 2.51. The normalized spacial score (nSPS) is 12.1. The van der Waals surface area contributed by atoms with Gasteiger partial charge in [-0.15, -0.1) is 0 Å². The van der Waals surface area contributed by atoms with Crippen LogP contribution in [-0.4, -0.2) is 0 Å². The fourth-order valence-electron chi connectivity index (χ4n) is 2.84. The number of nitrogens with two attached hydrogens (primary N) is 2. The number of alkyl halides is 6. The van der Waals surface area contributed by atoms with E-state index in [-0.39, 0.29) is 6.07 Å². The molecule has 194 valence electrons. The quantitative estimate of drug-likeness (QED) is 0.271. The van der Waals surface area contributed by atoms with Crippen molar-refractivity contribution < 1.29 is 62.2 Å². The predicted octanol–water partition coefficient (Wildman–Crippen LogP) is 7.31. The SMILES string of the molecule is Nc1c(F)ccc(Oc2c(F)c(Oc3ccc(F)c(N)c3F)c(C(F)(F)F)c(C(F)(F)F)c2F)c1F. The summed E-state index contributed by atoms with van der Waals surface area (Å²) in [5, 5.41) is 0. The Bertz CT molecular complexity index is 1350. The molecule has 36 heavy (non-hydrogen) atoms. The Hall–Kier alpha value is -3.98. The van der Waals surface area contributed by atoms with Gasteiger partial charge < -0.3 is 20.9 Å². The first-order valence-electron chi connectivity index (χ1n) is 8.98. The molecule has 0 aliphatic rings. The van der Waals surface area contributed by atoms with Crippen LogP contribution in [0.5, 0.6) is 23.0 Å². The van der Waals surface area contributed by atoms with Crippen molar-refractivity contribution in [2.45, 2.75) is 12.4 Å². The lowest BCUT2D eigenvalue weighted by atomic mass is 10.0. The number of halogens is 12. The molecule has 3 aromatic rings. The van der Waals surface area contributed by atoms with Crippen molar-refractivity contribution in [3.63, 3.8) is 0 Å². The van der Waals surface area contributed by atoms with Gasteiger partial charge >= 0.3 is 12.4 Å². The Balaban J connectivity index is 2.39. The Morgan fingerprint density at radius 2 is 0.889 bits per heavy atom. The minimum Gasteiger partial charge on any atom is -0.450 e. The lowest BCUT2D eigenvalue weighted by Gasteiger charge is -2.23. The highest BCUT2D eigenvalue weighted by Crippen LogP contribution is 2.52. The minimum atomic E-state index is -6.21. The lowest BCUT2D eigenvalue weighted by molar-refractivity contribution is -0.165. The monoisotopic (exact) mass is 536 g/mol. The summed E-state index contributed by atoms with van der Waals surface area (Å²) >= 11 is 0. The molecule has 0 aliphatic carbocycles. The Kier molecular flexibility index (Phi) is 6.59. The van der Waals surface area contributed by atoms with Crippen LogP contribution in [0.1, 0.15) is 11.1 Å². The zero-order chi connectivity index (χ0) is 27.3. The fraction of sp³-hybridized carbons (Fsp3) is 0.100. The smallest absolute Gasteiger partial charge is 0.420 e. The predicted molar refractivity (Wildman–Crippen MR) is 98.1 cm³/mol. The van der Waals surface area contributed by atoms with Gasteiger partial charge in [0.15, 0.2) is 34.7 Å². The van der Waals surface area contributed by atoms with Crippen molar-refractivity contribution in [3.05, 3.63) is 70.3 Å². The third-order valence-electron chi connectivity index (χ3n) is 4.47. The zero-order valence-corrected chi connectivity index (χ0v) is 16.8. The molecule has 4 N–H and O–H groups in total. The van der Waals surface area contributed by atoms with Crippen LogP contribution in [0.4, 0.5) is 64.1 Å². The van der Waals surface area contributed by atoms with Gasteiger partial charge in [-0.3, -0.25) is 0 Å². The van der Waals surface area contributed by atoms with E-state index in [1.54, 1.807) is 0 Å². The van der Waals surface area contributed by atoms with Gasteiger partial charge in [-0.25, -0.2) is 22.0 Å². The molecule has 16 heteroatoms. The van der Waals surface area contributed by atoms with E-state index in [9.17, 15) is 48.3 Å². The Morgan fingerprint density at radius 1 is 0.500 bits per heavy atom. The highest BCUT2D eigenvalue weighted by atomic mass is 19.4. The number of nitrogen functional groups attached to an aromatic ring is 2. The van der Waals surface area contributed by atoms with Crippen LogP contribution in [0.2, 0.25) is 0 Å². The third kappa shape index (κ3) is 4.61. The van der Waals surface area contributed by atoms with Gasteiger partial charge in [-0.05, 0) is 24.3 Å². The Morgan fingerprint density at radius 3 is 1.28 bits per heavy atom. The second kappa shape index (κ2) is 8.91. The van der Waals surface area contributed by atoms with Crippen LogP contribution in [-0.2, 0) is 12.4 Å². The first-order chi connectivity index (χ1) is 16.5. The second-order valence-corrected chi connectivity index (χ2v) is 6.78. The molecule has 0 spiro atoms. The van der Waals surface area contributed by atoms with Crippen molar-refractivity contribution in [2.75, 3.05) is 11.5 Å². The van der Waals surface area contributed by atoms with Crippen LogP contribution < -0.4 is 20.9 Å². The molecule has 0 saturated carbocycles. The number of anilines is 2. The maximum absolute atomic E-state index is 15.1. The minimum absolute atomic E-state index is 0.248. The van der Waals surface area contributed by atoms with Crippen molar-refractivity contribution in [1.29, 1.82) is 0 Å². The summed E-state index contributed by atoms with van der Waals surface area (Å²) < 4.78 is 175. The number of ether oxygens (including phenoxy) is 2. The van der Waals surface area contributed by atoms with Crippen molar-refractivity contribution >= 4 is 11.4 Å². The first-order valence-corrected chi connectivity index (χ1v) is 8.98. The molecular weight excluding hydrogens is 528 g/mol. The molecule has 0 aliphatic heterocycles. The number of hydrogen-bond acceptors (Lipinski definition) is 4. The van der Waals surface area contributed by atoms with E-state index >= 15 is 4.39 Å². The van der Waals surface area contributed by atoms with Crippen LogP contribution in [0.15, 0.2) is 24.3 Å². The van der Waals surface area contributed by atoms with Crippen LogP contribution >= 0.6 is 0 Å². The van der Waals surface area contributed by atoms with E-state index in [4.69, 9.17) is 11.5 Å². The molecule has 3 rings (SSSR count). The lowest BCUT2D eigenvalue weighted by Crippen LogP contribution is -2.21. The fourth-order valence-corrected chi connectivity index (χ4v) is 2.84. The number of hydrogen-bond donors (Lipinski definition) is 2. The van der Waals surface area contributed by atoms with Gasteiger partial charge in [0.25, 0.3) is 0 Å². The maximum Gasteiger partial charge on any atom is 0.420 e. The summed E-state index contributed by atoms with van der Waals surface area (Å²) in [7, 11) is 0. The van der Waals surface area contributed by atoms with Gasteiger partial charge in [0, 0.05) is 0 Å². The summed E-state index contributed by atoms with van der Waals surface area (Å²) in [6.45, 7) is 0. The van der Waals surface area contributed by atoms with E-state index in [0.29, 0.717) is 18.2 Å². The van der Waals surface area contributed by atoms with E-state index in [1.165, 1.54) is 0 Å². The van der Waals surface area contributed by atoms with E-state index < -0.39 is 92.8 Å². The molecule has 0 saturated heterocycles. The summed E-state index contributed by atoms with van der Waals surface area (Å²) in [6, 6.07) is 1.25. The molecule has 4 nitrogen and oxygen atoms in total. The molecule has 3 aromatic carbocycles. The van der Waals surface area contributed by atoms with Crippen LogP contribution in [0.3, 0.4) is 0 Å². The summed E-state index contributed by atoms with van der Waals surface area (Å²) in [5.74, 6) is -20.0. The topological polar surface area (TPSA) is 70.5 Å². The average molecular weight is 536 g/mol. The molecule has 0 radical (unpaired) electrons. The van der Waals surface area contributed by atoms with Gasteiger partial charge in [0.05, 0.1) is 0 Å². The largest absolute Gasteiger partial charge is 0.450 e. The zero-order valence-electron chi connectivity index (χ0n) is 16.8. The molecular formula is C20H8F12N2O2. The van der Waals surface area contributed by atoms with Crippen LogP contribution in [0.25, 0.3) is 0 Å². The van der Waals surface area contributed by atoms with Crippen molar-refractivity contribution in [2.24, 2.45) is 0 Å². The molecule has 0 atom stereocenters. The molecule has 0 unspecified atom stereocenters. The molecule has 0 fully saturated rings. The average Bonchev–Trinajstić information content (AvgIpc) is 2.76. The van der Waals surface area contributed by atoms with Gasteiger partial charge in [-0.1, -0.05) is 0 Å². The van der Waals surface area contributed by atoms with Crippen molar-refractivity contribution in [1.82, 2.24) is 0 Å². The first kappa shape index (κ1) is 26.6. The number of rotatable bonds is 4. The molecule has 0 amide bonds. The van der Waals surface area contributed by atoms with Crippen LogP contribution in [0, 0.1) is 34.9 Å². The molecule has 0 aromatic heterocycles. The third-order valence-corrected chi connectivity index (χ3v) is 4.47. The maximum atomic E-state index is 15.1. The summed E-state index contributed by atoms with van der Waals surface area (Å²) in [4.78, 5) is 0. The van der Waals surface area contributed by atoms with Gasteiger partial charge in [-0.2, -0.15) is 30.7 Å². The van der Waals surface area contributed by atoms with Crippen molar-refractivity contribution in [3.8, 4) is 23.0 Å². The standard InChI is InChI=1S/C20H8F12N2O2/c21-5-1-3-7(11(23)15(5)33)35-17-10(20(30,31)32)9(19(27,28)29)13(25)18(14(17)26)36-8-4-2-6(22)16(34)12(8)24/h1-4H,33-34H2. The summed E-state index contributed by atoms with van der Waals surface area (Å²) in [6.07, 6.45) is -12.4. The second-order valence-electron chi connectivity index (χ2n) is 6.78. The van der Waals surface area contributed by atoms with E-state index in [1.807, 2.05) is 0 Å².